The van der Waals surface area contributed by atoms with Gasteiger partial charge in [0.2, 0.25) is 5.89 Å². The number of urea groups is 1. The maximum Gasteiger partial charge on any atom is 0.320 e. The minimum absolute atomic E-state index is 0.0804. The van der Waals surface area contributed by atoms with Crippen molar-refractivity contribution in [3.63, 3.8) is 0 Å². The summed E-state index contributed by atoms with van der Waals surface area (Å²) in [5, 5.41) is 3.57. The second-order valence-electron chi connectivity index (χ2n) is 7.82. The first kappa shape index (κ1) is 19.3. The molecular weight excluding hydrogens is 379 g/mol. The van der Waals surface area contributed by atoms with E-state index in [1.54, 1.807) is 25.1 Å². The van der Waals surface area contributed by atoms with Crippen molar-refractivity contribution < 1.29 is 18.5 Å². The molecule has 29 heavy (non-hydrogen) atoms. The predicted molar refractivity (Wildman–Crippen MR) is 100 cm³/mol. The lowest BCUT2D eigenvalue weighted by molar-refractivity contribution is 0.0987. The third kappa shape index (κ3) is 3.67. The number of aromatic nitrogens is 2. The Kier molecular flexibility index (Phi) is 4.95. The fourth-order valence-electron chi connectivity index (χ4n) is 4.45. The van der Waals surface area contributed by atoms with Crippen molar-refractivity contribution in [3.8, 4) is 0 Å². The summed E-state index contributed by atoms with van der Waals surface area (Å²) in [4.78, 5) is 33.4. The summed E-state index contributed by atoms with van der Waals surface area (Å²) in [5.41, 5.74) is 5.96. The van der Waals surface area contributed by atoms with Gasteiger partial charge in [-0.05, 0) is 23.6 Å². The molecular formula is C19H23FN6O3. The quantitative estimate of drug-likeness (QED) is 0.820. The number of fused-ring (bicyclic) bond motifs is 1. The summed E-state index contributed by atoms with van der Waals surface area (Å²) < 4.78 is 19.0. The number of hydrogen-bond donors (Lipinski definition) is 1. The number of carbonyl (C=O) groups excluding carboxylic acids is 2. The Bertz CT molecular complexity index is 932. The number of carbonyl (C=O) groups is 2. The topological polar surface area (TPSA) is 109 Å². The van der Waals surface area contributed by atoms with Crippen LogP contribution in [0.3, 0.4) is 0 Å². The van der Waals surface area contributed by atoms with Gasteiger partial charge in [0.05, 0.1) is 12.6 Å². The van der Waals surface area contributed by atoms with E-state index in [1.165, 1.54) is 12.1 Å². The third-order valence-electron chi connectivity index (χ3n) is 5.61. The second kappa shape index (κ2) is 7.43. The van der Waals surface area contributed by atoms with Crippen LogP contribution in [0.4, 0.5) is 9.18 Å². The fourth-order valence-corrected chi connectivity index (χ4v) is 4.45. The number of nitrogens with zero attached hydrogens (tertiary/aromatic N) is 5. The Morgan fingerprint density at radius 1 is 1.31 bits per heavy atom. The van der Waals surface area contributed by atoms with Gasteiger partial charge in [0.1, 0.15) is 5.82 Å². The van der Waals surface area contributed by atoms with Gasteiger partial charge in [0, 0.05) is 39.6 Å². The lowest BCUT2D eigenvalue weighted by atomic mass is 9.89. The van der Waals surface area contributed by atoms with Gasteiger partial charge in [-0.15, -0.1) is 0 Å². The van der Waals surface area contributed by atoms with Crippen molar-refractivity contribution >= 4 is 11.9 Å². The van der Waals surface area contributed by atoms with E-state index in [0.717, 1.165) is 12.1 Å². The summed E-state index contributed by atoms with van der Waals surface area (Å²) >= 11 is 0. The Hall–Kier alpha value is -3.01. The molecule has 2 fully saturated rings. The molecule has 2 N–H and O–H groups in total. The molecule has 4 rings (SSSR count). The van der Waals surface area contributed by atoms with Gasteiger partial charge in [0.25, 0.3) is 11.7 Å². The second-order valence-corrected chi connectivity index (χ2v) is 7.82. The van der Waals surface area contributed by atoms with Gasteiger partial charge < -0.3 is 20.1 Å². The van der Waals surface area contributed by atoms with Crippen LogP contribution < -0.4 is 5.73 Å². The summed E-state index contributed by atoms with van der Waals surface area (Å²) in [5.74, 6) is -0.475. The maximum atomic E-state index is 13.9. The van der Waals surface area contributed by atoms with E-state index >= 15 is 0 Å². The van der Waals surface area contributed by atoms with Crippen LogP contribution in [0.15, 0.2) is 28.8 Å². The molecule has 3 amide bonds. The van der Waals surface area contributed by atoms with Gasteiger partial charge in [-0.3, -0.25) is 9.69 Å². The van der Waals surface area contributed by atoms with Gasteiger partial charge in [-0.25, -0.2) is 9.18 Å². The van der Waals surface area contributed by atoms with E-state index < -0.39 is 5.91 Å². The normalized spacial score (nSPS) is 24.0. The van der Waals surface area contributed by atoms with Crippen LogP contribution in [0.5, 0.6) is 0 Å². The number of benzene rings is 1. The number of primary amides is 1. The monoisotopic (exact) mass is 402 g/mol. The average molecular weight is 402 g/mol. The molecule has 1 aromatic carbocycles. The third-order valence-corrected chi connectivity index (χ3v) is 5.61. The standard InChI is InChI=1S/C19H23FN6O3/c1-24(2)19(28)26-8-12-7-25(10-15-22-18(17(21)27)23-29-15)9-14(12)16(26)11-4-3-5-13(20)6-11/h3-6,12,14,16H,7-10H2,1-2H3,(H2,21,27)/t12-,14-,16-/m1/s1. The largest absolute Gasteiger partial charge is 0.363 e. The fraction of sp³-hybridized carbons (Fsp3) is 0.474. The Labute approximate surface area is 167 Å². The van der Waals surface area contributed by atoms with Gasteiger partial charge >= 0.3 is 6.03 Å². The van der Waals surface area contributed by atoms with E-state index in [9.17, 15) is 14.0 Å². The summed E-state index contributed by atoms with van der Waals surface area (Å²) in [6, 6.07) is 6.16. The van der Waals surface area contributed by atoms with E-state index in [-0.39, 0.29) is 35.6 Å². The molecule has 0 bridgehead atoms. The molecule has 3 heterocycles. The van der Waals surface area contributed by atoms with Crippen molar-refractivity contribution in [2.45, 2.75) is 12.6 Å². The molecule has 1 aromatic heterocycles. The molecule has 0 saturated carbocycles. The molecule has 2 aliphatic heterocycles. The van der Waals surface area contributed by atoms with Crippen LogP contribution in [-0.4, -0.2) is 70.5 Å². The number of likely N-dealkylation sites (tertiary alicyclic amines) is 2. The van der Waals surface area contributed by atoms with Crippen LogP contribution >= 0.6 is 0 Å². The molecule has 154 valence electrons. The number of amides is 3. The summed E-state index contributed by atoms with van der Waals surface area (Å²) in [6.45, 7) is 2.42. The maximum absolute atomic E-state index is 13.9. The first-order valence-electron chi connectivity index (χ1n) is 9.41. The van der Waals surface area contributed by atoms with Gasteiger partial charge in [-0.1, -0.05) is 17.3 Å². The minimum Gasteiger partial charge on any atom is -0.363 e. The summed E-state index contributed by atoms with van der Waals surface area (Å²) in [7, 11) is 3.44. The van der Waals surface area contributed by atoms with Crippen LogP contribution in [-0.2, 0) is 6.54 Å². The van der Waals surface area contributed by atoms with Crippen molar-refractivity contribution in [2.75, 3.05) is 33.7 Å². The number of nitrogens with two attached hydrogens (primary N) is 1. The molecule has 0 spiro atoms. The van der Waals surface area contributed by atoms with Crippen LogP contribution in [0.1, 0.15) is 28.1 Å². The van der Waals surface area contributed by atoms with Crippen molar-refractivity contribution in [1.29, 1.82) is 0 Å². The lowest BCUT2D eigenvalue weighted by Crippen LogP contribution is -2.41. The molecule has 9 nitrogen and oxygen atoms in total. The molecule has 2 aromatic rings. The number of halogens is 1. The summed E-state index contributed by atoms with van der Waals surface area (Å²) in [6.07, 6.45) is 0. The number of rotatable bonds is 4. The SMILES string of the molecule is CN(C)C(=O)N1C[C@H]2CN(Cc3nc(C(N)=O)no3)C[C@H]2[C@H]1c1cccc(F)c1. The minimum atomic E-state index is -0.734. The first-order chi connectivity index (χ1) is 13.8. The highest BCUT2D eigenvalue weighted by Gasteiger charge is 2.49. The number of hydrogen-bond acceptors (Lipinski definition) is 6. The zero-order chi connectivity index (χ0) is 20.7. The Morgan fingerprint density at radius 2 is 2.10 bits per heavy atom. The van der Waals surface area contributed by atoms with Crippen LogP contribution in [0.2, 0.25) is 0 Å². The van der Waals surface area contributed by atoms with Gasteiger partial charge in [0.15, 0.2) is 0 Å². The molecule has 2 saturated heterocycles. The molecule has 0 unspecified atom stereocenters. The Balaban J connectivity index is 1.55. The molecule has 10 heteroatoms. The van der Waals surface area contributed by atoms with Crippen LogP contribution in [0, 0.1) is 17.7 Å². The zero-order valence-corrected chi connectivity index (χ0v) is 16.3. The zero-order valence-electron chi connectivity index (χ0n) is 16.3. The molecule has 0 aliphatic carbocycles. The van der Waals surface area contributed by atoms with E-state index in [0.29, 0.717) is 25.5 Å². The highest BCUT2D eigenvalue weighted by molar-refractivity contribution is 5.88. The van der Waals surface area contributed by atoms with E-state index in [2.05, 4.69) is 15.0 Å². The van der Waals surface area contributed by atoms with Crippen molar-refractivity contribution in [2.24, 2.45) is 17.6 Å². The highest BCUT2D eigenvalue weighted by Crippen LogP contribution is 2.45. The highest BCUT2D eigenvalue weighted by atomic mass is 19.1. The molecule has 3 atom stereocenters. The van der Waals surface area contributed by atoms with E-state index in [4.69, 9.17) is 10.3 Å². The van der Waals surface area contributed by atoms with Crippen LogP contribution in [0.25, 0.3) is 0 Å². The van der Waals surface area contributed by atoms with Gasteiger partial charge in [-0.2, -0.15) is 4.98 Å². The Morgan fingerprint density at radius 3 is 2.76 bits per heavy atom. The molecule has 2 aliphatic rings. The first-order valence-corrected chi connectivity index (χ1v) is 9.41. The van der Waals surface area contributed by atoms with Crippen molar-refractivity contribution in [3.05, 3.63) is 47.4 Å². The average Bonchev–Trinajstić information content (AvgIpc) is 3.35. The smallest absolute Gasteiger partial charge is 0.320 e. The van der Waals surface area contributed by atoms with Crippen molar-refractivity contribution in [1.82, 2.24) is 24.8 Å². The lowest BCUT2D eigenvalue weighted by Gasteiger charge is -2.31. The van der Waals surface area contributed by atoms with E-state index in [1.807, 2.05) is 11.0 Å². The predicted octanol–water partition coefficient (Wildman–Crippen LogP) is 1.09. The molecule has 0 radical (unpaired) electrons.